The Balaban J connectivity index is 2.52. The third kappa shape index (κ3) is 3.82. The van der Waals surface area contributed by atoms with Gasteiger partial charge in [-0.2, -0.15) is 13.2 Å². The first kappa shape index (κ1) is 19.3. The van der Waals surface area contributed by atoms with Crippen molar-refractivity contribution < 1.29 is 30.7 Å². The van der Waals surface area contributed by atoms with Crippen LogP contribution in [0.15, 0.2) is 41.3 Å². The largest absolute Gasteiger partial charge is 0.494 e. The van der Waals surface area contributed by atoms with Crippen LogP contribution in [-0.2, 0) is 16.2 Å². The Morgan fingerprint density at radius 3 is 2.28 bits per heavy atom. The van der Waals surface area contributed by atoms with E-state index in [1.165, 1.54) is 7.11 Å². The highest BCUT2D eigenvalue weighted by Crippen LogP contribution is 2.37. The molecule has 0 spiro atoms. The molecule has 4 nitrogen and oxygen atoms in total. The lowest BCUT2D eigenvalue weighted by Gasteiger charge is -2.22. The van der Waals surface area contributed by atoms with Gasteiger partial charge in [-0.05, 0) is 36.4 Å². The molecule has 0 aliphatic carbocycles. The van der Waals surface area contributed by atoms with Gasteiger partial charge >= 0.3 is 6.18 Å². The topological polar surface area (TPSA) is 46.6 Å². The minimum Gasteiger partial charge on any atom is -0.494 e. The van der Waals surface area contributed by atoms with Gasteiger partial charge in [-0.3, -0.25) is 4.31 Å². The van der Waals surface area contributed by atoms with Crippen molar-refractivity contribution in [3.8, 4) is 5.75 Å². The minimum atomic E-state index is -4.67. The van der Waals surface area contributed by atoms with Gasteiger partial charge in [-0.1, -0.05) is 11.6 Å². The average Bonchev–Trinajstić information content (AvgIpc) is 2.53. The molecule has 0 radical (unpaired) electrons. The van der Waals surface area contributed by atoms with Crippen molar-refractivity contribution >= 4 is 27.3 Å². The van der Waals surface area contributed by atoms with Crippen LogP contribution in [-0.4, -0.2) is 22.6 Å². The van der Waals surface area contributed by atoms with Crippen molar-refractivity contribution in [2.75, 3.05) is 18.5 Å². The highest BCUT2D eigenvalue weighted by molar-refractivity contribution is 7.92. The van der Waals surface area contributed by atoms with E-state index in [-0.39, 0.29) is 16.5 Å². The maximum Gasteiger partial charge on any atom is 0.416 e. The summed E-state index contributed by atoms with van der Waals surface area (Å²) in [5.41, 5.74) is -1.44. The normalized spacial score (nSPS) is 12.1. The van der Waals surface area contributed by atoms with Gasteiger partial charge in [0.15, 0.2) is 11.6 Å². The standard InChI is InChI=1S/C15H12ClF4NO3S/c1-21(13-7-9(15(18,19)20)3-5-11(13)16)25(22,23)10-4-6-14(24-2)12(17)8-10/h3-8H,1-2H3. The number of methoxy groups -OCH3 is 1. The number of benzene rings is 2. The van der Waals surface area contributed by atoms with Crippen molar-refractivity contribution in [3.05, 3.63) is 52.8 Å². The number of sulfonamides is 1. The highest BCUT2D eigenvalue weighted by atomic mass is 35.5. The van der Waals surface area contributed by atoms with Crippen molar-refractivity contribution in [2.45, 2.75) is 11.1 Å². The molecule has 0 heterocycles. The summed E-state index contributed by atoms with van der Waals surface area (Å²) in [7, 11) is -2.10. The molecule has 0 saturated heterocycles. The van der Waals surface area contributed by atoms with Crippen LogP contribution in [0.2, 0.25) is 5.02 Å². The molecule has 0 amide bonds. The Bertz CT molecular complexity index is 900. The lowest BCUT2D eigenvalue weighted by molar-refractivity contribution is -0.137. The molecular weight excluding hydrogens is 386 g/mol. The molecule has 0 atom stereocenters. The van der Waals surface area contributed by atoms with Crippen molar-refractivity contribution in [3.63, 3.8) is 0 Å². The van der Waals surface area contributed by atoms with Crippen LogP contribution in [0, 0.1) is 5.82 Å². The maximum atomic E-state index is 13.8. The second kappa shape index (κ2) is 6.72. The van der Waals surface area contributed by atoms with Gasteiger partial charge < -0.3 is 4.74 Å². The fraction of sp³-hybridized carbons (Fsp3) is 0.200. The van der Waals surface area contributed by atoms with Gasteiger partial charge in [-0.25, -0.2) is 12.8 Å². The van der Waals surface area contributed by atoms with Crippen LogP contribution < -0.4 is 9.04 Å². The number of rotatable bonds is 4. The van der Waals surface area contributed by atoms with E-state index in [2.05, 4.69) is 0 Å². The first-order valence-corrected chi connectivity index (χ1v) is 8.49. The van der Waals surface area contributed by atoms with Crippen molar-refractivity contribution in [2.24, 2.45) is 0 Å². The molecule has 10 heteroatoms. The van der Waals surface area contributed by atoms with E-state index in [4.69, 9.17) is 16.3 Å². The third-order valence-electron chi connectivity index (χ3n) is 3.39. The Morgan fingerprint density at radius 2 is 1.76 bits per heavy atom. The molecule has 0 aliphatic rings. The number of alkyl halides is 3. The fourth-order valence-corrected chi connectivity index (χ4v) is 3.54. The van der Waals surface area contributed by atoms with Crippen molar-refractivity contribution in [1.82, 2.24) is 0 Å². The Morgan fingerprint density at radius 1 is 1.12 bits per heavy atom. The zero-order valence-corrected chi connectivity index (χ0v) is 14.5. The molecule has 0 aromatic heterocycles. The fourth-order valence-electron chi connectivity index (χ4n) is 2.03. The number of nitrogens with zero attached hydrogens (tertiary/aromatic N) is 1. The molecule has 2 aromatic rings. The summed E-state index contributed by atoms with van der Waals surface area (Å²) in [6.07, 6.45) is -4.67. The van der Waals surface area contributed by atoms with Crippen LogP contribution in [0.3, 0.4) is 0 Å². The molecule has 0 unspecified atom stereocenters. The number of ether oxygens (including phenoxy) is 1. The molecule has 0 fully saturated rings. The average molecular weight is 398 g/mol. The summed E-state index contributed by atoms with van der Waals surface area (Å²) >= 11 is 5.85. The molecule has 25 heavy (non-hydrogen) atoms. The van der Waals surface area contributed by atoms with E-state index in [1.54, 1.807) is 0 Å². The van der Waals surface area contributed by atoms with Gasteiger partial charge in [-0.15, -0.1) is 0 Å². The third-order valence-corrected chi connectivity index (χ3v) is 5.48. The van der Waals surface area contributed by atoms with Gasteiger partial charge in [0.1, 0.15) is 0 Å². The summed E-state index contributed by atoms with van der Waals surface area (Å²) < 4.78 is 82.7. The smallest absolute Gasteiger partial charge is 0.416 e. The van der Waals surface area contributed by atoms with E-state index in [1.807, 2.05) is 0 Å². The van der Waals surface area contributed by atoms with Gasteiger partial charge in [0.25, 0.3) is 10.0 Å². The quantitative estimate of drug-likeness (QED) is 0.721. The number of halogens is 5. The summed E-state index contributed by atoms with van der Waals surface area (Å²) in [5.74, 6) is -1.09. The first-order chi connectivity index (χ1) is 11.5. The Hall–Kier alpha value is -2.00. The second-order valence-electron chi connectivity index (χ2n) is 4.93. The van der Waals surface area contributed by atoms with E-state index in [0.29, 0.717) is 16.4 Å². The minimum absolute atomic E-state index is 0.168. The van der Waals surface area contributed by atoms with Gasteiger partial charge in [0, 0.05) is 7.05 Å². The van der Waals surface area contributed by atoms with Gasteiger partial charge in [0.05, 0.1) is 28.3 Å². The second-order valence-corrected chi connectivity index (χ2v) is 7.31. The molecule has 136 valence electrons. The monoisotopic (exact) mass is 397 g/mol. The predicted molar refractivity (Wildman–Crippen MR) is 85.0 cm³/mol. The lowest BCUT2D eigenvalue weighted by Crippen LogP contribution is -2.27. The van der Waals surface area contributed by atoms with Crippen LogP contribution in [0.1, 0.15) is 5.56 Å². The summed E-state index contributed by atoms with van der Waals surface area (Å²) in [6, 6.07) is 5.19. The van der Waals surface area contributed by atoms with Crippen LogP contribution in [0.4, 0.5) is 23.2 Å². The number of hydrogen-bond donors (Lipinski definition) is 0. The number of hydrogen-bond acceptors (Lipinski definition) is 3. The molecule has 0 saturated carbocycles. The van der Waals surface area contributed by atoms with E-state index >= 15 is 0 Å². The Labute approximate surface area is 146 Å². The van der Waals surface area contributed by atoms with Crippen LogP contribution in [0.25, 0.3) is 0 Å². The molecular formula is C15H12ClF4NO3S. The Kier molecular flexibility index (Phi) is 5.19. The maximum absolute atomic E-state index is 13.8. The highest BCUT2D eigenvalue weighted by Gasteiger charge is 2.33. The lowest BCUT2D eigenvalue weighted by atomic mass is 10.2. The molecule has 0 bridgehead atoms. The molecule has 2 aromatic carbocycles. The summed E-state index contributed by atoms with van der Waals surface area (Å²) in [6.45, 7) is 0. The van der Waals surface area contributed by atoms with Crippen LogP contribution >= 0.6 is 11.6 Å². The summed E-state index contributed by atoms with van der Waals surface area (Å²) in [4.78, 5) is -0.457. The van der Waals surface area contributed by atoms with E-state index in [0.717, 1.165) is 31.3 Å². The zero-order chi connectivity index (χ0) is 19.0. The summed E-state index contributed by atoms with van der Waals surface area (Å²) in [5, 5.41) is -0.201. The molecule has 0 N–H and O–H groups in total. The zero-order valence-electron chi connectivity index (χ0n) is 12.9. The SMILES string of the molecule is COc1ccc(S(=O)(=O)N(C)c2cc(C(F)(F)F)ccc2Cl)cc1F. The van der Waals surface area contributed by atoms with Crippen LogP contribution in [0.5, 0.6) is 5.75 Å². The van der Waals surface area contributed by atoms with E-state index < -0.39 is 32.5 Å². The van der Waals surface area contributed by atoms with E-state index in [9.17, 15) is 26.0 Å². The number of anilines is 1. The van der Waals surface area contributed by atoms with Crippen molar-refractivity contribution in [1.29, 1.82) is 0 Å². The first-order valence-electron chi connectivity index (χ1n) is 6.67. The van der Waals surface area contributed by atoms with Gasteiger partial charge in [0.2, 0.25) is 0 Å². The molecule has 0 aliphatic heterocycles. The molecule has 2 rings (SSSR count). The predicted octanol–water partition coefficient (Wildman–Crippen LogP) is 4.33.